The van der Waals surface area contributed by atoms with Crippen molar-refractivity contribution in [1.82, 2.24) is 14.7 Å². The summed E-state index contributed by atoms with van der Waals surface area (Å²) in [6.45, 7) is 4.25. The fourth-order valence-corrected chi connectivity index (χ4v) is 2.81. The number of H-pyrrole nitrogens is 1. The van der Waals surface area contributed by atoms with Crippen molar-refractivity contribution in [3.05, 3.63) is 46.9 Å². The zero-order valence-electron chi connectivity index (χ0n) is 12.1. The third-order valence-electron chi connectivity index (χ3n) is 3.97. The first-order valence-electron chi connectivity index (χ1n) is 7.40. The largest absolute Gasteiger partial charge is 0.302 e. The van der Waals surface area contributed by atoms with Gasteiger partial charge >= 0.3 is 0 Å². The summed E-state index contributed by atoms with van der Waals surface area (Å²) in [7, 11) is 0. The maximum Gasteiger partial charge on any atom is 0.271 e. The third kappa shape index (κ3) is 3.99. The number of aromatic nitrogens is 2. The van der Waals surface area contributed by atoms with Crippen LogP contribution in [0.5, 0.6) is 0 Å². The summed E-state index contributed by atoms with van der Waals surface area (Å²) >= 11 is 0. The van der Waals surface area contributed by atoms with Crippen LogP contribution in [0.2, 0.25) is 0 Å². The molecule has 0 amide bonds. The lowest BCUT2D eigenvalue weighted by Gasteiger charge is -2.26. The van der Waals surface area contributed by atoms with E-state index in [4.69, 9.17) is 0 Å². The lowest BCUT2D eigenvalue weighted by molar-refractivity contribution is 0.218. The Kier molecular flexibility index (Phi) is 5.65. The van der Waals surface area contributed by atoms with Gasteiger partial charge in [0.2, 0.25) is 0 Å². The lowest BCUT2D eigenvalue weighted by atomic mass is 10.1. The maximum absolute atomic E-state index is 12.0. The lowest BCUT2D eigenvalue weighted by Crippen LogP contribution is -2.32. The number of piperidine rings is 1. The molecule has 1 saturated heterocycles. The second kappa shape index (κ2) is 7.48. The van der Waals surface area contributed by atoms with Gasteiger partial charge in [-0.05, 0) is 31.5 Å². The molecule has 21 heavy (non-hydrogen) atoms. The van der Waals surface area contributed by atoms with E-state index in [1.807, 2.05) is 41.2 Å². The van der Waals surface area contributed by atoms with Crippen LogP contribution in [0.3, 0.4) is 0 Å². The highest BCUT2D eigenvalue weighted by atomic mass is 35.5. The van der Waals surface area contributed by atoms with Crippen molar-refractivity contribution in [2.45, 2.75) is 25.8 Å². The molecular formula is C16H22ClN3O. The SMILES string of the molecule is Cl.O=c1[nH]n(CCN2CCCCC2)cc1-c1ccccc1. The average Bonchev–Trinajstić information content (AvgIpc) is 2.88. The van der Waals surface area contributed by atoms with Crippen LogP contribution >= 0.6 is 12.4 Å². The van der Waals surface area contributed by atoms with Gasteiger partial charge in [0.15, 0.2) is 0 Å². The van der Waals surface area contributed by atoms with Crippen LogP contribution in [0.1, 0.15) is 19.3 Å². The van der Waals surface area contributed by atoms with E-state index in [0.717, 1.165) is 24.2 Å². The molecule has 0 aliphatic carbocycles. The van der Waals surface area contributed by atoms with E-state index in [1.54, 1.807) is 0 Å². The summed E-state index contributed by atoms with van der Waals surface area (Å²) in [6, 6.07) is 9.82. The van der Waals surface area contributed by atoms with E-state index in [9.17, 15) is 4.79 Å². The van der Waals surface area contributed by atoms with Crippen molar-refractivity contribution in [3.8, 4) is 11.1 Å². The highest BCUT2D eigenvalue weighted by Crippen LogP contribution is 2.14. The number of hydrogen-bond acceptors (Lipinski definition) is 2. The van der Waals surface area contributed by atoms with Crippen LogP contribution in [0.4, 0.5) is 0 Å². The van der Waals surface area contributed by atoms with Gasteiger partial charge in [-0.25, -0.2) is 0 Å². The van der Waals surface area contributed by atoms with E-state index >= 15 is 0 Å². The van der Waals surface area contributed by atoms with Crippen LogP contribution in [-0.2, 0) is 6.54 Å². The van der Waals surface area contributed by atoms with Gasteiger partial charge in [-0.3, -0.25) is 14.6 Å². The molecule has 0 unspecified atom stereocenters. The van der Waals surface area contributed by atoms with Crippen molar-refractivity contribution < 1.29 is 0 Å². The Bertz CT molecular complexity index is 599. The fraction of sp³-hybridized carbons (Fsp3) is 0.438. The molecule has 5 heteroatoms. The quantitative estimate of drug-likeness (QED) is 0.943. The van der Waals surface area contributed by atoms with Crippen molar-refractivity contribution >= 4 is 12.4 Å². The number of nitrogens with zero attached hydrogens (tertiary/aromatic N) is 2. The predicted molar refractivity (Wildman–Crippen MR) is 88.0 cm³/mol. The van der Waals surface area contributed by atoms with Gasteiger partial charge < -0.3 is 4.90 Å². The molecule has 0 bridgehead atoms. The van der Waals surface area contributed by atoms with E-state index in [2.05, 4.69) is 10.00 Å². The first kappa shape index (κ1) is 15.9. The van der Waals surface area contributed by atoms with Gasteiger partial charge in [0.1, 0.15) is 0 Å². The summed E-state index contributed by atoms with van der Waals surface area (Å²) in [5.74, 6) is 0. The standard InChI is InChI=1S/C16H21N3O.ClH/c20-16-15(14-7-3-1-4-8-14)13-19(17-16)12-11-18-9-5-2-6-10-18;/h1,3-4,7-8,13H,2,5-6,9-12H2,(H,17,20);1H. The molecule has 114 valence electrons. The maximum atomic E-state index is 12.0. The van der Waals surface area contributed by atoms with Crippen LogP contribution in [0.15, 0.2) is 41.3 Å². The van der Waals surface area contributed by atoms with Crippen LogP contribution in [0.25, 0.3) is 11.1 Å². The molecule has 1 aliphatic heterocycles. The number of likely N-dealkylation sites (tertiary alicyclic amines) is 1. The fourth-order valence-electron chi connectivity index (χ4n) is 2.81. The molecule has 1 aromatic carbocycles. The van der Waals surface area contributed by atoms with Gasteiger partial charge in [0.05, 0.1) is 12.1 Å². The Morgan fingerprint density at radius 1 is 1.00 bits per heavy atom. The zero-order chi connectivity index (χ0) is 13.8. The van der Waals surface area contributed by atoms with Crippen LogP contribution < -0.4 is 5.56 Å². The van der Waals surface area contributed by atoms with Crippen LogP contribution in [-0.4, -0.2) is 34.3 Å². The van der Waals surface area contributed by atoms with E-state index in [0.29, 0.717) is 0 Å². The predicted octanol–water partition coefficient (Wildman–Crippen LogP) is 2.75. The number of aromatic amines is 1. The Labute approximate surface area is 131 Å². The highest BCUT2D eigenvalue weighted by molar-refractivity contribution is 5.85. The van der Waals surface area contributed by atoms with Gasteiger partial charge in [-0.1, -0.05) is 36.8 Å². The molecular weight excluding hydrogens is 286 g/mol. The van der Waals surface area contributed by atoms with Crippen molar-refractivity contribution in [2.75, 3.05) is 19.6 Å². The summed E-state index contributed by atoms with van der Waals surface area (Å²) in [5, 5.41) is 2.92. The molecule has 0 atom stereocenters. The topological polar surface area (TPSA) is 41.0 Å². The van der Waals surface area contributed by atoms with E-state index in [-0.39, 0.29) is 18.0 Å². The smallest absolute Gasteiger partial charge is 0.271 e. The van der Waals surface area contributed by atoms with Crippen molar-refractivity contribution in [3.63, 3.8) is 0 Å². The van der Waals surface area contributed by atoms with Crippen molar-refractivity contribution in [2.24, 2.45) is 0 Å². The van der Waals surface area contributed by atoms with Crippen LogP contribution in [0, 0.1) is 0 Å². The summed E-state index contributed by atoms with van der Waals surface area (Å²) in [6.07, 6.45) is 5.89. The second-order valence-corrected chi connectivity index (χ2v) is 5.45. The van der Waals surface area contributed by atoms with Gasteiger partial charge in [0.25, 0.3) is 5.56 Å². The molecule has 0 saturated carbocycles. The molecule has 0 radical (unpaired) electrons. The number of nitrogens with one attached hydrogen (secondary N) is 1. The molecule has 1 fully saturated rings. The molecule has 1 N–H and O–H groups in total. The summed E-state index contributed by atoms with van der Waals surface area (Å²) in [5.41, 5.74) is 1.73. The number of hydrogen-bond donors (Lipinski definition) is 1. The zero-order valence-corrected chi connectivity index (χ0v) is 12.9. The Balaban J connectivity index is 0.00000161. The Hall–Kier alpha value is -1.52. The summed E-state index contributed by atoms with van der Waals surface area (Å²) in [4.78, 5) is 14.5. The van der Waals surface area contributed by atoms with Gasteiger partial charge in [-0.15, -0.1) is 12.4 Å². The summed E-state index contributed by atoms with van der Waals surface area (Å²) < 4.78 is 1.92. The normalized spacial score (nSPS) is 15.6. The number of benzene rings is 1. The first-order valence-corrected chi connectivity index (χ1v) is 7.40. The minimum Gasteiger partial charge on any atom is -0.302 e. The second-order valence-electron chi connectivity index (χ2n) is 5.45. The van der Waals surface area contributed by atoms with Gasteiger partial charge in [0, 0.05) is 12.7 Å². The number of rotatable bonds is 4. The molecule has 2 aromatic rings. The molecule has 2 heterocycles. The average molecular weight is 308 g/mol. The molecule has 1 aliphatic rings. The molecule has 0 spiro atoms. The highest BCUT2D eigenvalue weighted by Gasteiger charge is 2.11. The molecule has 3 rings (SSSR count). The number of halogens is 1. The van der Waals surface area contributed by atoms with E-state index in [1.165, 1.54) is 32.4 Å². The van der Waals surface area contributed by atoms with Gasteiger partial charge in [-0.2, -0.15) is 0 Å². The van der Waals surface area contributed by atoms with E-state index < -0.39 is 0 Å². The minimum absolute atomic E-state index is 0. The minimum atomic E-state index is -0.00477. The third-order valence-corrected chi connectivity index (χ3v) is 3.97. The Morgan fingerprint density at radius 2 is 1.71 bits per heavy atom. The van der Waals surface area contributed by atoms with Crippen molar-refractivity contribution in [1.29, 1.82) is 0 Å². The molecule has 4 nitrogen and oxygen atoms in total. The first-order chi connectivity index (χ1) is 9.83. The monoisotopic (exact) mass is 307 g/mol. The Morgan fingerprint density at radius 3 is 2.43 bits per heavy atom. The molecule has 1 aromatic heterocycles.